The highest BCUT2D eigenvalue weighted by Crippen LogP contribution is 2.35. The van der Waals surface area contributed by atoms with Crippen molar-refractivity contribution in [2.75, 3.05) is 0 Å². The highest BCUT2D eigenvalue weighted by molar-refractivity contribution is 8.18. The molecule has 1 aliphatic rings. The summed E-state index contributed by atoms with van der Waals surface area (Å²) in [5.41, 5.74) is 2.08. The van der Waals surface area contributed by atoms with E-state index in [1.54, 1.807) is 30.3 Å². The van der Waals surface area contributed by atoms with E-state index < -0.39 is 5.97 Å². The molecule has 1 aliphatic heterocycles. The fourth-order valence-corrected chi connectivity index (χ4v) is 4.02. The van der Waals surface area contributed by atoms with E-state index >= 15 is 0 Å². The molecule has 3 aromatic carbocycles. The van der Waals surface area contributed by atoms with Gasteiger partial charge >= 0.3 is 0 Å². The summed E-state index contributed by atoms with van der Waals surface area (Å²) in [7, 11) is 0. The van der Waals surface area contributed by atoms with E-state index in [4.69, 9.17) is 0 Å². The minimum absolute atomic E-state index is 0.0655. The summed E-state index contributed by atoms with van der Waals surface area (Å²) < 4.78 is 13.6. The number of carboxylic acids is 1. The van der Waals surface area contributed by atoms with Gasteiger partial charge in [-0.25, -0.2) is 9.38 Å². The zero-order valence-corrected chi connectivity index (χ0v) is 17.0. The molecule has 0 bridgehead atoms. The topological polar surface area (TPSA) is 72.8 Å². The number of benzene rings is 3. The second-order valence-corrected chi connectivity index (χ2v) is 7.78. The number of aromatic carboxylic acids is 1. The van der Waals surface area contributed by atoms with Crippen molar-refractivity contribution in [1.82, 2.24) is 4.90 Å². The average molecular weight is 431 g/mol. The molecule has 1 amide bonds. The molecule has 0 unspecified atom stereocenters. The number of carbonyl (C=O) groups is 2. The van der Waals surface area contributed by atoms with Crippen molar-refractivity contribution < 1.29 is 19.1 Å². The Morgan fingerprint density at radius 2 is 1.77 bits per heavy atom. The lowest BCUT2D eigenvalue weighted by atomic mass is 10.1. The van der Waals surface area contributed by atoms with Crippen LogP contribution in [0.25, 0.3) is 6.08 Å². The van der Waals surface area contributed by atoms with Gasteiger partial charge in [-0.2, -0.15) is 0 Å². The number of rotatable bonds is 5. The van der Waals surface area contributed by atoms with Crippen molar-refractivity contribution in [3.8, 4) is 0 Å². The number of amidine groups is 1. The van der Waals surface area contributed by atoms with Crippen LogP contribution in [-0.2, 0) is 11.3 Å². The van der Waals surface area contributed by atoms with E-state index in [1.165, 1.54) is 40.9 Å². The van der Waals surface area contributed by atoms with Crippen LogP contribution in [0, 0.1) is 5.82 Å². The first-order valence-corrected chi connectivity index (χ1v) is 10.2. The third kappa shape index (κ3) is 4.90. The van der Waals surface area contributed by atoms with E-state index in [0.717, 1.165) is 5.56 Å². The molecule has 0 saturated carbocycles. The van der Waals surface area contributed by atoms with Gasteiger partial charge in [0.05, 0.1) is 23.1 Å². The summed E-state index contributed by atoms with van der Waals surface area (Å²) in [6, 6.07) is 21.4. The zero-order valence-electron chi connectivity index (χ0n) is 16.2. The fourth-order valence-electron chi connectivity index (χ4n) is 3.02. The molecule has 0 spiro atoms. The summed E-state index contributed by atoms with van der Waals surface area (Å²) in [6.45, 7) is 0.214. The number of carboxylic acid groups (broad SMARTS) is 1. The van der Waals surface area contributed by atoms with Gasteiger partial charge in [0.2, 0.25) is 0 Å². The highest BCUT2D eigenvalue weighted by Gasteiger charge is 2.33. The van der Waals surface area contributed by atoms with Crippen LogP contribution in [-0.4, -0.2) is 21.9 Å². The Morgan fingerprint density at radius 3 is 2.45 bits per heavy atom. The van der Waals surface area contributed by atoms with Crippen LogP contribution in [0.4, 0.5) is 10.1 Å². The minimum atomic E-state index is -1.26. The summed E-state index contributed by atoms with van der Waals surface area (Å²) in [4.78, 5) is 30.7. The maximum Gasteiger partial charge on any atom is 0.267 e. The third-order valence-corrected chi connectivity index (χ3v) is 5.55. The first-order chi connectivity index (χ1) is 15.0. The van der Waals surface area contributed by atoms with Gasteiger partial charge in [-0.1, -0.05) is 54.6 Å². The summed E-state index contributed by atoms with van der Waals surface area (Å²) >= 11 is 1.21. The molecule has 1 fully saturated rings. The number of hydrogen-bond acceptors (Lipinski definition) is 5. The van der Waals surface area contributed by atoms with Gasteiger partial charge in [0.25, 0.3) is 5.91 Å². The van der Waals surface area contributed by atoms with E-state index in [2.05, 4.69) is 4.99 Å². The number of thioether (sulfide) groups is 1. The van der Waals surface area contributed by atoms with Crippen LogP contribution >= 0.6 is 11.8 Å². The molecule has 0 atom stereocenters. The lowest BCUT2D eigenvalue weighted by Crippen LogP contribution is -2.28. The molecule has 7 heteroatoms. The van der Waals surface area contributed by atoms with Crippen LogP contribution in [0.2, 0.25) is 0 Å². The van der Waals surface area contributed by atoms with E-state index in [1.807, 2.05) is 30.3 Å². The number of carbonyl (C=O) groups excluding carboxylic acids is 2. The SMILES string of the molecule is O=C([O-])c1ccc(CN2C(=O)C(=Cc3cccc(F)c3)SC2=Nc2ccccc2)cc1. The summed E-state index contributed by atoms with van der Waals surface area (Å²) in [6.07, 6.45) is 1.63. The largest absolute Gasteiger partial charge is 0.545 e. The van der Waals surface area contributed by atoms with Crippen molar-refractivity contribution in [2.24, 2.45) is 4.99 Å². The van der Waals surface area contributed by atoms with Gasteiger partial charge in [-0.15, -0.1) is 0 Å². The average Bonchev–Trinajstić information content (AvgIpc) is 3.03. The Morgan fingerprint density at radius 1 is 1.03 bits per heavy atom. The molecule has 154 valence electrons. The molecule has 4 rings (SSSR count). The Kier molecular flexibility index (Phi) is 5.95. The second-order valence-electron chi connectivity index (χ2n) is 6.77. The Balaban J connectivity index is 1.67. The standard InChI is InChI=1S/C24H17FN2O3S/c25-19-6-4-5-17(13-19)14-21-22(28)27(15-16-9-11-18(12-10-16)23(29)30)24(31-21)26-20-7-2-1-3-8-20/h1-14H,15H2,(H,29,30)/p-1. The van der Waals surface area contributed by atoms with Crippen molar-refractivity contribution in [3.05, 3.63) is 106 Å². The molecular weight excluding hydrogens is 415 g/mol. The van der Waals surface area contributed by atoms with E-state index in [0.29, 0.717) is 21.3 Å². The van der Waals surface area contributed by atoms with Gasteiger partial charge in [0.1, 0.15) is 5.82 Å². The van der Waals surface area contributed by atoms with Crippen LogP contribution in [0.3, 0.4) is 0 Å². The number of amides is 1. The number of halogens is 1. The first kappa shape index (κ1) is 20.6. The van der Waals surface area contributed by atoms with Crippen LogP contribution < -0.4 is 5.11 Å². The van der Waals surface area contributed by atoms with Crippen molar-refractivity contribution >= 4 is 40.6 Å². The molecular formula is C24H16FN2O3S-. The number of hydrogen-bond donors (Lipinski definition) is 0. The molecule has 0 aromatic heterocycles. The Hall–Kier alpha value is -3.71. The van der Waals surface area contributed by atoms with Gasteiger partial charge in [-0.05, 0) is 58.8 Å². The fraction of sp³-hybridized carbons (Fsp3) is 0.0417. The molecule has 0 radical (unpaired) electrons. The minimum Gasteiger partial charge on any atom is -0.545 e. The van der Waals surface area contributed by atoms with Crippen molar-refractivity contribution in [2.45, 2.75) is 6.54 Å². The summed E-state index contributed by atoms with van der Waals surface area (Å²) in [5.74, 6) is -1.90. The zero-order chi connectivity index (χ0) is 21.8. The highest BCUT2D eigenvalue weighted by atomic mass is 32.2. The smallest absolute Gasteiger partial charge is 0.267 e. The normalized spacial score (nSPS) is 16.3. The molecule has 3 aromatic rings. The quantitative estimate of drug-likeness (QED) is 0.573. The van der Waals surface area contributed by atoms with Gasteiger partial charge in [0, 0.05) is 0 Å². The van der Waals surface area contributed by atoms with E-state index in [-0.39, 0.29) is 23.8 Å². The van der Waals surface area contributed by atoms with Gasteiger partial charge < -0.3 is 9.90 Å². The predicted octanol–water partition coefficient (Wildman–Crippen LogP) is 3.99. The number of aliphatic imine (C=N–C) groups is 1. The van der Waals surface area contributed by atoms with Crippen molar-refractivity contribution in [1.29, 1.82) is 0 Å². The third-order valence-electron chi connectivity index (χ3n) is 4.55. The maximum absolute atomic E-state index is 13.6. The summed E-state index contributed by atoms with van der Waals surface area (Å²) in [5, 5.41) is 11.5. The lowest BCUT2D eigenvalue weighted by molar-refractivity contribution is -0.255. The monoisotopic (exact) mass is 431 g/mol. The lowest BCUT2D eigenvalue weighted by Gasteiger charge is -2.16. The first-order valence-electron chi connectivity index (χ1n) is 9.40. The number of para-hydroxylation sites is 1. The van der Waals surface area contributed by atoms with Crippen LogP contribution in [0.5, 0.6) is 0 Å². The van der Waals surface area contributed by atoms with Crippen LogP contribution in [0.1, 0.15) is 21.5 Å². The second kappa shape index (κ2) is 8.97. The molecule has 5 nitrogen and oxygen atoms in total. The van der Waals surface area contributed by atoms with Gasteiger partial charge in [-0.3, -0.25) is 9.69 Å². The maximum atomic E-state index is 13.6. The molecule has 0 N–H and O–H groups in total. The van der Waals surface area contributed by atoms with Gasteiger partial charge in [0.15, 0.2) is 5.17 Å². The van der Waals surface area contributed by atoms with E-state index in [9.17, 15) is 19.1 Å². The number of nitrogens with zero attached hydrogens (tertiary/aromatic N) is 2. The molecule has 31 heavy (non-hydrogen) atoms. The molecule has 0 aliphatic carbocycles. The Labute approximate surface area is 182 Å². The van der Waals surface area contributed by atoms with Crippen LogP contribution in [0.15, 0.2) is 88.8 Å². The van der Waals surface area contributed by atoms with Crippen molar-refractivity contribution in [3.63, 3.8) is 0 Å². The molecule has 1 heterocycles. The Bertz CT molecular complexity index is 1190. The predicted molar refractivity (Wildman–Crippen MR) is 117 cm³/mol. The molecule has 1 saturated heterocycles.